The Hall–Kier alpha value is -2.05. The van der Waals surface area contributed by atoms with E-state index in [0.29, 0.717) is 11.8 Å². The fourth-order valence-electron chi connectivity index (χ4n) is 4.68. The molecule has 1 aliphatic heterocycles. The van der Waals surface area contributed by atoms with Crippen molar-refractivity contribution in [3.8, 4) is 0 Å². The minimum absolute atomic E-state index is 0.0302. The van der Waals surface area contributed by atoms with Crippen LogP contribution in [0.15, 0.2) is 30.6 Å². The van der Waals surface area contributed by atoms with Crippen LogP contribution in [0.5, 0.6) is 0 Å². The van der Waals surface area contributed by atoms with Gasteiger partial charge in [0.1, 0.15) is 0 Å². The lowest BCUT2D eigenvalue weighted by molar-refractivity contribution is -0.121. The van der Waals surface area contributed by atoms with Crippen LogP contribution in [0, 0.1) is 11.8 Å². The van der Waals surface area contributed by atoms with Crippen LogP contribution in [0.3, 0.4) is 0 Å². The molecule has 4 rings (SSSR count). The van der Waals surface area contributed by atoms with Crippen LogP contribution in [-0.4, -0.2) is 53.1 Å². The average molecular weight is 354 g/mol. The summed E-state index contributed by atoms with van der Waals surface area (Å²) in [6, 6.07) is 6.48. The summed E-state index contributed by atoms with van der Waals surface area (Å²) in [4.78, 5) is 22.8. The quantitative estimate of drug-likeness (QED) is 0.909. The number of hydrogen-bond donors (Lipinski definition) is 1. The number of fused-ring (bicyclic) bond motifs is 2. The van der Waals surface area contributed by atoms with Crippen LogP contribution in [0.4, 0.5) is 0 Å². The summed E-state index contributed by atoms with van der Waals surface area (Å²) in [6.45, 7) is 4.69. The normalized spacial score (nSPS) is 28.8. The third kappa shape index (κ3) is 3.57. The Morgan fingerprint density at radius 3 is 2.65 bits per heavy atom. The number of rotatable bonds is 4. The van der Waals surface area contributed by atoms with Gasteiger partial charge in [0.05, 0.1) is 23.2 Å². The first kappa shape index (κ1) is 17.4. The van der Waals surface area contributed by atoms with Gasteiger partial charge >= 0.3 is 0 Å². The molecule has 1 aromatic heterocycles. The van der Waals surface area contributed by atoms with Gasteiger partial charge in [0, 0.05) is 46.1 Å². The number of amides is 1. The maximum atomic E-state index is 11.5. The molecule has 1 saturated heterocycles. The van der Waals surface area contributed by atoms with Gasteiger partial charge in [-0.2, -0.15) is 0 Å². The van der Waals surface area contributed by atoms with Gasteiger partial charge < -0.3 is 10.1 Å². The van der Waals surface area contributed by atoms with Crippen molar-refractivity contribution in [2.75, 3.05) is 20.2 Å². The zero-order valence-electron chi connectivity index (χ0n) is 15.4. The van der Waals surface area contributed by atoms with Gasteiger partial charge in [-0.25, -0.2) is 0 Å². The molecule has 6 heteroatoms. The maximum Gasteiger partial charge on any atom is 0.217 e. The van der Waals surface area contributed by atoms with Crippen LogP contribution in [0.25, 0.3) is 11.0 Å². The van der Waals surface area contributed by atoms with Gasteiger partial charge in [-0.05, 0) is 42.4 Å². The molecule has 0 radical (unpaired) electrons. The summed E-state index contributed by atoms with van der Waals surface area (Å²) >= 11 is 0. The first-order chi connectivity index (χ1) is 12.6. The predicted molar refractivity (Wildman–Crippen MR) is 99.4 cm³/mol. The molecule has 6 nitrogen and oxygen atoms in total. The highest BCUT2D eigenvalue weighted by atomic mass is 16.5. The highest BCUT2D eigenvalue weighted by Gasteiger charge is 2.42. The van der Waals surface area contributed by atoms with E-state index in [2.05, 4.69) is 38.4 Å². The SMILES string of the molecule is CO[C@@H]1C[C@H]2CN(Cc3ccc4nccnc4c3)C[C@H]2C[C@H]1NC(C)=O. The Morgan fingerprint density at radius 1 is 1.19 bits per heavy atom. The standard InChI is InChI=1S/C20H26N4O2/c1-13(25)23-19-8-15-11-24(12-16(15)9-20(19)26-2)10-14-3-4-17-18(7-14)22-6-5-21-17/h3-7,15-16,19-20H,8-12H2,1-2H3,(H,23,25)/t15-,16+,19-,20-/m1/s1. The van der Waals surface area contributed by atoms with E-state index in [-0.39, 0.29) is 18.1 Å². The van der Waals surface area contributed by atoms with Gasteiger partial charge in [-0.3, -0.25) is 19.7 Å². The number of ether oxygens (including phenoxy) is 1. The smallest absolute Gasteiger partial charge is 0.217 e. The lowest BCUT2D eigenvalue weighted by atomic mass is 9.77. The summed E-state index contributed by atoms with van der Waals surface area (Å²) < 4.78 is 5.67. The zero-order valence-corrected chi connectivity index (χ0v) is 15.4. The van der Waals surface area contributed by atoms with E-state index >= 15 is 0 Å². The molecule has 0 bridgehead atoms. The number of methoxy groups -OCH3 is 1. The molecule has 2 heterocycles. The third-order valence-corrected chi connectivity index (χ3v) is 5.82. The van der Waals surface area contributed by atoms with Crippen molar-refractivity contribution in [3.05, 3.63) is 36.2 Å². The Labute approximate surface area is 154 Å². The van der Waals surface area contributed by atoms with Gasteiger partial charge in [0.25, 0.3) is 0 Å². The van der Waals surface area contributed by atoms with Crippen molar-refractivity contribution in [2.45, 2.75) is 38.5 Å². The summed E-state index contributed by atoms with van der Waals surface area (Å²) in [5.41, 5.74) is 3.16. The second kappa shape index (κ2) is 7.29. The van der Waals surface area contributed by atoms with Crippen molar-refractivity contribution >= 4 is 16.9 Å². The molecule has 2 aliphatic rings. The first-order valence-corrected chi connectivity index (χ1v) is 9.34. The van der Waals surface area contributed by atoms with Gasteiger partial charge in [-0.15, -0.1) is 0 Å². The highest BCUT2D eigenvalue weighted by Crippen LogP contribution is 2.38. The topological polar surface area (TPSA) is 67.3 Å². The van der Waals surface area contributed by atoms with Crippen LogP contribution in [0.2, 0.25) is 0 Å². The first-order valence-electron chi connectivity index (χ1n) is 9.34. The second-order valence-corrected chi connectivity index (χ2v) is 7.65. The Balaban J connectivity index is 1.43. The molecule has 1 amide bonds. The van der Waals surface area contributed by atoms with Gasteiger partial charge in [0.15, 0.2) is 0 Å². The molecule has 2 fully saturated rings. The van der Waals surface area contributed by atoms with Gasteiger partial charge in [0.2, 0.25) is 5.91 Å². The molecule has 2 aromatic rings. The van der Waals surface area contributed by atoms with Crippen molar-refractivity contribution in [3.63, 3.8) is 0 Å². The number of carbonyl (C=O) groups is 1. The van der Waals surface area contributed by atoms with E-state index in [1.165, 1.54) is 5.56 Å². The van der Waals surface area contributed by atoms with Crippen molar-refractivity contribution < 1.29 is 9.53 Å². The van der Waals surface area contributed by atoms with Crippen LogP contribution in [0.1, 0.15) is 25.3 Å². The number of nitrogens with zero attached hydrogens (tertiary/aromatic N) is 3. The Morgan fingerprint density at radius 2 is 1.92 bits per heavy atom. The minimum Gasteiger partial charge on any atom is -0.379 e. The molecule has 138 valence electrons. The minimum atomic E-state index is 0.0302. The van der Waals surface area contributed by atoms with E-state index in [1.54, 1.807) is 26.4 Å². The van der Waals surface area contributed by atoms with Crippen molar-refractivity contribution in [1.29, 1.82) is 0 Å². The van der Waals surface area contributed by atoms with Crippen LogP contribution in [-0.2, 0) is 16.1 Å². The van der Waals surface area contributed by atoms with Gasteiger partial charge in [-0.1, -0.05) is 6.07 Å². The van der Waals surface area contributed by atoms with E-state index in [1.807, 2.05) is 0 Å². The number of carbonyl (C=O) groups excluding carboxylic acids is 1. The Bertz CT molecular complexity index is 796. The average Bonchev–Trinajstić information content (AvgIpc) is 3.01. The molecule has 26 heavy (non-hydrogen) atoms. The molecule has 1 aliphatic carbocycles. The van der Waals surface area contributed by atoms with E-state index in [0.717, 1.165) is 43.5 Å². The predicted octanol–water partition coefficient (Wildman–Crippen LogP) is 1.99. The molecule has 0 spiro atoms. The number of aromatic nitrogens is 2. The fourth-order valence-corrected chi connectivity index (χ4v) is 4.68. The molecule has 0 unspecified atom stereocenters. The van der Waals surface area contributed by atoms with E-state index < -0.39 is 0 Å². The number of nitrogens with one attached hydrogen (secondary N) is 1. The highest BCUT2D eigenvalue weighted by molar-refractivity contribution is 5.74. The monoisotopic (exact) mass is 354 g/mol. The fraction of sp³-hybridized carbons (Fsp3) is 0.550. The summed E-state index contributed by atoms with van der Waals surface area (Å²) in [5.74, 6) is 1.30. The zero-order chi connectivity index (χ0) is 18.1. The molecular formula is C20H26N4O2. The second-order valence-electron chi connectivity index (χ2n) is 7.65. The molecular weight excluding hydrogens is 328 g/mol. The summed E-state index contributed by atoms with van der Waals surface area (Å²) in [5, 5.41) is 3.08. The molecule has 1 saturated carbocycles. The number of likely N-dealkylation sites (tertiary alicyclic amines) is 1. The number of benzene rings is 1. The van der Waals surface area contributed by atoms with E-state index in [9.17, 15) is 4.79 Å². The van der Waals surface area contributed by atoms with Crippen molar-refractivity contribution in [2.24, 2.45) is 11.8 Å². The third-order valence-electron chi connectivity index (χ3n) is 5.82. The maximum absolute atomic E-state index is 11.5. The summed E-state index contributed by atoms with van der Waals surface area (Å²) in [7, 11) is 1.75. The Kier molecular flexibility index (Phi) is 4.87. The van der Waals surface area contributed by atoms with Crippen molar-refractivity contribution in [1.82, 2.24) is 20.2 Å². The summed E-state index contributed by atoms with van der Waals surface area (Å²) in [6.07, 6.45) is 5.61. The molecule has 1 aromatic carbocycles. The molecule has 4 atom stereocenters. The largest absolute Gasteiger partial charge is 0.379 e. The van der Waals surface area contributed by atoms with Crippen LogP contribution >= 0.6 is 0 Å². The molecule has 1 N–H and O–H groups in total. The van der Waals surface area contributed by atoms with E-state index in [4.69, 9.17) is 4.74 Å². The number of hydrogen-bond acceptors (Lipinski definition) is 5. The lowest BCUT2D eigenvalue weighted by Gasteiger charge is -2.37. The lowest BCUT2D eigenvalue weighted by Crippen LogP contribution is -2.49. The van der Waals surface area contributed by atoms with Crippen LogP contribution < -0.4 is 5.32 Å².